The molecular formula is C18H32NO3+. The Balaban J connectivity index is 1.30. The number of rotatable bonds is 5. The molecule has 4 nitrogen and oxygen atoms in total. The maximum atomic E-state index is 10.5. The van der Waals surface area contributed by atoms with Crippen LogP contribution in [0, 0.1) is 17.8 Å². The fourth-order valence-electron chi connectivity index (χ4n) is 6.01. The molecule has 5 fully saturated rings. The molecule has 0 spiro atoms. The van der Waals surface area contributed by atoms with Crippen LogP contribution in [-0.4, -0.2) is 67.8 Å². The molecule has 5 aliphatic rings. The number of ether oxygens (including phenoxy) is 2. The zero-order valence-electron chi connectivity index (χ0n) is 14.0. The number of hydrogen-bond donors (Lipinski definition) is 1. The van der Waals surface area contributed by atoms with Crippen molar-refractivity contribution in [2.45, 2.75) is 50.2 Å². The van der Waals surface area contributed by atoms with E-state index in [4.69, 9.17) is 9.47 Å². The third kappa shape index (κ3) is 3.08. The van der Waals surface area contributed by atoms with Crippen molar-refractivity contribution in [2.24, 2.45) is 17.8 Å². The van der Waals surface area contributed by atoms with Crippen LogP contribution in [0.5, 0.6) is 0 Å². The number of likely N-dealkylation sites (N-methyl/N-ethyl adjacent to an activating group) is 1. The minimum Gasteiger partial charge on any atom is -0.385 e. The van der Waals surface area contributed by atoms with E-state index in [1.165, 1.54) is 38.5 Å². The molecule has 126 valence electrons. The molecule has 0 aromatic carbocycles. The molecule has 0 amide bonds. The van der Waals surface area contributed by atoms with E-state index in [1.807, 2.05) is 0 Å². The van der Waals surface area contributed by atoms with E-state index in [0.717, 1.165) is 55.1 Å². The lowest BCUT2D eigenvalue weighted by atomic mass is 9.54. The summed E-state index contributed by atoms with van der Waals surface area (Å²) in [4.78, 5) is 0. The summed E-state index contributed by atoms with van der Waals surface area (Å²) in [6.07, 6.45) is 7.76. The molecule has 1 aliphatic heterocycles. The van der Waals surface area contributed by atoms with Crippen LogP contribution in [0.4, 0.5) is 0 Å². The van der Waals surface area contributed by atoms with E-state index in [-0.39, 0.29) is 11.7 Å². The van der Waals surface area contributed by atoms with Gasteiger partial charge >= 0.3 is 0 Å². The molecule has 1 atom stereocenters. The molecule has 0 radical (unpaired) electrons. The van der Waals surface area contributed by atoms with Crippen molar-refractivity contribution in [2.75, 3.05) is 46.5 Å². The van der Waals surface area contributed by atoms with Crippen LogP contribution < -0.4 is 0 Å². The molecule has 22 heavy (non-hydrogen) atoms. The van der Waals surface area contributed by atoms with Crippen LogP contribution in [0.15, 0.2) is 0 Å². The summed E-state index contributed by atoms with van der Waals surface area (Å²) in [5, 5.41) is 10.5. The number of hydrogen-bond acceptors (Lipinski definition) is 3. The van der Waals surface area contributed by atoms with Crippen molar-refractivity contribution < 1.29 is 19.1 Å². The summed E-state index contributed by atoms with van der Waals surface area (Å²) in [7, 11) is 2.23. The molecule has 4 saturated carbocycles. The van der Waals surface area contributed by atoms with Gasteiger partial charge in [-0.25, -0.2) is 0 Å². The summed E-state index contributed by atoms with van der Waals surface area (Å²) in [5.74, 6) is 2.73. The summed E-state index contributed by atoms with van der Waals surface area (Å²) >= 11 is 0. The Kier molecular flexibility index (Phi) is 4.00. The lowest BCUT2D eigenvalue weighted by molar-refractivity contribution is -0.919. The Labute approximate surface area is 134 Å². The molecule has 1 heterocycles. The molecule has 4 heteroatoms. The lowest BCUT2D eigenvalue weighted by Gasteiger charge is -2.56. The SMILES string of the molecule is C[N+]1(CC(O)COC23CC4CC(CC(C4)C2)C3)CCOCC1. The van der Waals surface area contributed by atoms with Gasteiger partial charge in [-0.05, 0) is 56.3 Å². The largest absolute Gasteiger partial charge is 0.385 e. The highest BCUT2D eigenvalue weighted by Crippen LogP contribution is 2.57. The highest BCUT2D eigenvalue weighted by atomic mass is 16.5. The minimum atomic E-state index is -0.337. The van der Waals surface area contributed by atoms with Gasteiger partial charge < -0.3 is 19.1 Å². The highest BCUT2D eigenvalue weighted by Gasteiger charge is 2.51. The van der Waals surface area contributed by atoms with Crippen LogP contribution in [-0.2, 0) is 9.47 Å². The van der Waals surface area contributed by atoms with Gasteiger partial charge in [0, 0.05) is 0 Å². The monoisotopic (exact) mass is 310 g/mol. The van der Waals surface area contributed by atoms with Crippen molar-refractivity contribution in [3.05, 3.63) is 0 Å². The smallest absolute Gasteiger partial charge is 0.126 e. The van der Waals surface area contributed by atoms with Crippen LogP contribution in [0.1, 0.15) is 38.5 Å². The number of morpholine rings is 1. The number of aliphatic hydroxyl groups excluding tert-OH is 1. The number of aliphatic hydroxyl groups is 1. The fraction of sp³-hybridized carbons (Fsp3) is 1.00. The summed E-state index contributed by atoms with van der Waals surface area (Å²) < 4.78 is 12.8. The molecule has 0 aromatic heterocycles. The Bertz CT molecular complexity index is 370. The summed E-state index contributed by atoms with van der Waals surface area (Å²) in [6, 6.07) is 0. The molecule has 1 N–H and O–H groups in total. The van der Waals surface area contributed by atoms with Crippen LogP contribution in [0.25, 0.3) is 0 Å². The van der Waals surface area contributed by atoms with E-state index in [1.54, 1.807) is 0 Å². The van der Waals surface area contributed by atoms with E-state index >= 15 is 0 Å². The number of nitrogens with zero attached hydrogens (tertiary/aromatic N) is 1. The number of quaternary nitrogens is 1. The van der Waals surface area contributed by atoms with Crippen LogP contribution >= 0.6 is 0 Å². The average Bonchev–Trinajstić information content (AvgIpc) is 2.44. The van der Waals surface area contributed by atoms with Gasteiger partial charge in [-0.15, -0.1) is 0 Å². The second-order valence-corrected chi connectivity index (χ2v) is 8.93. The van der Waals surface area contributed by atoms with E-state index in [9.17, 15) is 5.11 Å². The van der Waals surface area contributed by atoms with Crippen molar-refractivity contribution in [1.29, 1.82) is 0 Å². The third-order valence-corrected chi connectivity index (χ3v) is 6.77. The normalized spacial score (nSPS) is 44.2. The van der Waals surface area contributed by atoms with Gasteiger partial charge in [0.25, 0.3) is 0 Å². The highest BCUT2D eigenvalue weighted by molar-refractivity contribution is 5.03. The first-order valence-corrected chi connectivity index (χ1v) is 9.28. The summed E-state index contributed by atoms with van der Waals surface area (Å²) in [5.41, 5.74) is 0.124. The zero-order valence-corrected chi connectivity index (χ0v) is 14.0. The van der Waals surface area contributed by atoms with Crippen molar-refractivity contribution in [3.63, 3.8) is 0 Å². The standard InChI is InChI=1S/C18H32NO3/c1-19(2-4-21-5-3-19)12-17(20)13-22-18-9-14-6-15(10-18)8-16(7-14)11-18/h14-17,20H,2-13H2,1H3/q+1. The first kappa shape index (κ1) is 15.4. The van der Waals surface area contributed by atoms with Gasteiger partial charge in [-0.3, -0.25) is 0 Å². The Hall–Kier alpha value is -0.160. The molecule has 4 bridgehead atoms. The van der Waals surface area contributed by atoms with Crippen molar-refractivity contribution >= 4 is 0 Å². The van der Waals surface area contributed by atoms with Gasteiger partial charge in [0.1, 0.15) is 25.7 Å². The second-order valence-electron chi connectivity index (χ2n) is 8.93. The van der Waals surface area contributed by atoms with Gasteiger partial charge in [0.15, 0.2) is 0 Å². The summed E-state index contributed by atoms with van der Waals surface area (Å²) in [6.45, 7) is 4.98. The van der Waals surface area contributed by atoms with Crippen LogP contribution in [0.3, 0.4) is 0 Å². The zero-order chi connectivity index (χ0) is 15.2. The van der Waals surface area contributed by atoms with Gasteiger partial charge in [-0.1, -0.05) is 0 Å². The Morgan fingerprint density at radius 1 is 1.09 bits per heavy atom. The quantitative estimate of drug-likeness (QED) is 0.787. The lowest BCUT2D eigenvalue weighted by Crippen LogP contribution is -2.57. The van der Waals surface area contributed by atoms with Crippen LogP contribution in [0.2, 0.25) is 0 Å². The predicted octanol–water partition coefficient (Wildman–Crippen LogP) is 1.81. The predicted molar refractivity (Wildman–Crippen MR) is 84.5 cm³/mol. The molecule has 1 saturated heterocycles. The molecule has 0 aromatic rings. The van der Waals surface area contributed by atoms with Crippen molar-refractivity contribution in [3.8, 4) is 0 Å². The first-order chi connectivity index (χ1) is 10.5. The van der Waals surface area contributed by atoms with Gasteiger partial charge in [0.05, 0.1) is 32.5 Å². The second kappa shape index (κ2) is 5.73. The van der Waals surface area contributed by atoms with Crippen molar-refractivity contribution in [1.82, 2.24) is 0 Å². The average molecular weight is 310 g/mol. The molecule has 1 unspecified atom stereocenters. The fourth-order valence-corrected chi connectivity index (χ4v) is 6.01. The van der Waals surface area contributed by atoms with E-state index < -0.39 is 0 Å². The van der Waals surface area contributed by atoms with E-state index in [0.29, 0.717) is 6.61 Å². The maximum absolute atomic E-state index is 10.5. The molecule has 4 aliphatic carbocycles. The Morgan fingerprint density at radius 3 is 2.18 bits per heavy atom. The topological polar surface area (TPSA) is 38.7 Å². The van der Waals surface area contributed by atoms with E-state index in [2.05, 4.69) is 7.05 Å². The minimum absolute atomic E-state index is 0.124. The van der Waals surface area contributed by atoms with Gasteiger partial charge in [-0.2, -0.15) is 0 Å². The van der Waals surface area contributed by atoms with Gasteiger partial charge in [0.2, 0.25) is 0 Å². The molecular weight excluding hydrogens is 278 g/mol. The third-order valence-electron chi connectivity index (χ3n) is 6.77. The first-order valence-electron chi connectivity index (χ1n) is 9.28. The maximum Gasteiger partial charge on any atom is 0.126 e. The Morgan fingerprint density at radius 2 is 1.64 bits per heavy atom. The molecule has 5 rings (SSSR count).